The second kappa shape index (κ2) is 7.07. The number of hydrogen-bond acceptors (Lipinski definition) is 3. The fraction of sp³-hybridized carbons (Fsp3) is 0.316. The molecule has 1 amide bonds. The second-order valence-electron chi connectivity index (χ2n) is 6.63. The van der Waals surface area contributed by atoms with Gasteiger partial charge in [-0.05, 0) is 53.8 Å². The van der Waals surface area contributed by atoms with Crippen LogP contribution in [-0.2, 0) is 21.2 Å². The number of amides is 1. The minimum absolute atomic E-state index is 0.0363. The van der Waals surface area contributed by atoms with Crippen LogP contribution in [0.15, 0.2) is 42.5 Å². The van der Waals surface area contributed by atoms with Crippen molar-refractivity contribution in [3.8, 4) is 0 Å². The standard InChI is InChI=1S/C19H21FN2O3S/c1-13(14-3-5-16(20)6-4-14)11-19(23)21-17-7-8-18-15(12-17)9-10-22(18)26(2,24)25/h3-8,12-13H,9-11H2,1-2H3,(H,21,23). The molecule has 1 N–H and O–H groups in total. The molecule has 0 aromatic heterocycles. The minimum Gasteiger partial charge on any atom is -0.326 e. The first-order valence-electron chi connectivity index (χ1n) is 8.40. The Hall–Kier alpha value is -2.41. The van der Waals surface area contributed by atoms with Gasteiger partial charge in [-0.25, -0.2) is 12.8 Å². The van der Waals surface area contributed by atoms with Crippen molar-refractivity contribution in [3.63, 3.8) is 0 Å². The Kier molecular flexibility index (Phi) is 5.00. The molecule has 3 rings (SSSR count). The summed E-state index contributed by atoms with van der Waals surface area (Å²) in [6.07, 6.45) is 2.09. The highest BCUT2D eigenvalue weighted by molar-refractivity contribution is 7.92. The molecule has 5 nitrogen and oxygen atoms in total. The van der Waals surface area contributed by atoms with Gasteiger partial charge < -0.3 is 5.32 Å². The van der Waals surface area contributed by atoms with E-state index in [4.69, 9.17) is 0 Å². The molecule has 0 saturated heterocycles. The molecule has 0 bridgehead atoms. The summed E-state index contributed by atoms with van der Waals surface area (Å²) in [5.41, 5.74) is 3.12. The van der Waals surface area contributed by atoms with E-state index in [1.165, 1.54) is 22.7 Å². The highest BCUT2D eigenvalue weighted by atomic mass is 32.2. The molecule has 1 aliphatic heterocycles. The van der Waals surface area contributed by atoms with E-state index in [2.05, 4.69) is 5.32 Å². The van der Waals surface area contributed by atoms with Gasteiger partial charge >= 0.3 is 0 Å². The SMILES string of the molecule is CC(CC(=O)Nc1ccc2c(c1)CCN2S(C)(=O)=O)c1ccc(F)cc1. The zero-order chi connectivity index (χ0) is 18.9. The van der Waals surface area contributed by atoms with Gasteiger partial charge in [0.15, 0.2) is 0 Å². The van der Waals surface area contributed by atoms with Gasteiger partial charge in [0.05, 0.1) is 11.9 Å². The average Bonchev–Trinajstić information content (AvgIpc) is 2.98. The van der Waals surface area contributed by atoms with E-state index in [9.17, 15) is 17.6 Å². The third-order valence-electron chi connectivity index (χ3n) is 4.55. The number of carbonyl (C=O) groups excluding carboxylic acids is 1. The summed E-state index contributed by atoms with van der Waals surface area (Å²) in [5.74, 6) is -0.475. The van der Waals surface area contributed by atoms with E-state index in [-0.39, 0.29) is 24.1 Å². The first-order chi connectivity index (χ1) is 12.2. The summed E-state index contributed by atoms with van der Waals surface area (Å²) >= 11 is 0. The highest BCUT2D eigenvalue weighted by Crippen LogP contribution is 2.32. The number of carbonyl (C=O) groups is 1. The number of benzene rings is 2. The van der Waals surface area contributed by atoms with Crippen LogP contribution >= 0.6 is 0 Å². The first kappa shape index (κ1) is 18.4. The first-order valence-corrected chi connectivity index (χ1v) is 10.2. The van der Waals surface area contributed by atoms with Crippen LogP contribution in [0.1, 0.15) is 30.4 Å². The molecule has 138 valence electrons. The Bertz CT molecular complexity index is 926. The topological polar surface area (TPSA) is 66.5 Å². The average molecular weight is 376 g/mol. The zero-order valence-corrected chi connectivity index (χ0v) is 15.5. The molecule has 1 aliphatic rings. The Morgan fingerprint density at radius 2 is 1.92 bits per heavy atom. The lowest BCUT2D eigenvalue weighted by Crippen LogP contribution is -2.27. The van der Waals surface area contributed by atoms with Crippen molar-refractivity contribution >= 4 is 27.3 Å². The lowest BCUT2D eigenvalue weighted by atomic mass is 9.97. The number of anilines is 2. The predicted molar refractivity (Wildman–Crippen MR) is 100 cm³/mol. The molecule has 0 saturated carbocycles. The van der Waals surface area contributed by atoms with Crippen molar-refractivity contribution in [1.29, 1.82) is 0 Å². The maximum atomic E-state index is 13.0. The van der Waals surface area contributed by atoms with Gasteiger partial charge in [0, 0.05) is 18.7 Å². The van der Waals surface area contributed by atoms with Gasteiger partial charge in [-0.2, -0.15) is 0 Å². The van der Waals surface area contributed by atoms with Gasteiger partial charge in [0.2, 0.25) is 15.9 Å². The molecule has 2 aromatic carbocycles. The van der Waals surface area contributed by atoms with E-state index >= 15 is 0 Å². The Balaban J connectivity index is 1.66. The highest BCUT2D eigenvalue weighted by Gasteiger charge is 2.26. The van der Waals surface area contributed by atoms with Gasteiger partial charge in [0.1, 0.15) is 5.82 Å². The predicted octanol–water partition coefficient (Wildman–Crippen LogP) is 3.28. The zero-order valence-electron chi connectivity index (χ0n) is 14.7. The smallest absolute Gasteiger partial charge is 0.232 e. The number of nitrogens with one attached hydrogen (secondary N) is 1. The molecule has 26 heavy (non-hydrogen) atoms. The van der Waals surface area contributed by atoms with Crippen molar-refractivity contribution in [2.24, 2.45) is 0 Å². The molecule has 0 fully saturated rings. The molecular weight excluding hydrogens is 355 g/mol. The van der Waals surface area contributed by atoms with Crippen LogP contribution in [0.5, 0.6) is 0 Å². The molecule has 1 unspecified atom stereocenters. The summed E-state index contributed by atoms with van der Waals surface area (Å²) in [4.78, 5) is 12.3. The number of halogens is 1. The summed E-state index contributed by atoms with van der Waals surface area (Å²) < 4.78 is 37.9. The van der Waals surface area contributed by atoms with Gasteiger partial charge in [-0.3, -0.25) is 9.10 Å². The van der Waals surface area contributed by atoms with Gasteiger partial charge in [-0.1, -0.05) is 19.1 Å². The molecule has 7 heteroatoms. The Morgan fingerprint density at radius 1 is 1.23 bits per heavy atom. The number of fused-ring (bicyclic) bond motifs is 1. The maximum Gasteiger partial charge on any atom is 0.232 e. The monoisotopic (exact) mass is 376 g/mol. The number of nitrogens with zero attached hydrogens (tertiary/aromatic N) is 1. The Labute approximate surface area is 152 Å². The molecule has 1 heterocycles. The van der Waals surface area contributed by atoms with Crippen LogP contribution in [0.3, 0.4) is 0 Å². The van der Waals surface area contributed by atoms with Gasteiger partial charge in [0.25, 0.3) is 0 Å². The summed E-state index contributed by atoms with van der Waals surface area (Å²) in [6.45, 7) is 2.34. The van der Waals surface area contributed by atoms with Crippen LogP contribution in [0.4, 0.5) is 15.8 Å². The van der Waals surface area contributed by atoms with Crippen LogP contribution in [0.2, 0.25) is 0 Å². The maximum absolute atomic E-state index is 13.0. The van der Waals surface area contributed by atoms with Crippen molar-refractivity contribution in [3.05, 3.63) is 59.4 Å². The van der Waals surface area contributed by atoms with E-state index in [0.29, 0.717) is 24.3 Å². The normalized spacial score (nSPS) is 14.8. The van der Waals surface area contributed by atoms with Crippen LogP contribution in [0, 0.1) is 5.82 Å². The lowest BCUT2D eigenvalue weighted by Gasteiger charge is -2.17. The fourth-order valence-electron chi connectivity index (χ4n) is 3.19. The Morgan fingerprint density at radius 3 is 2.58 bits per heavy atom. The summed E-state index contributed by atoms with van der Waals surface area (Å²) in [5, 5.41) is 2.86. The summed E-state index contributed by atoms with van der Waals surface area (Å²) in [6, 6.07) is 11.4. The number of hydrogen-bond donors (Lipinski definition) is 1. The van der Waals surface area contributed by atoms with Crippen molar-refractivity contribution in [1.82, 2.24) is 0 Å². The van der Waals surface area contributed by atoms with Crippen LogP contribution in [-0.4, -0.2) is 27.1 Å². The van der Waals surface area contributed by atoms with E-state index in [0.717, 1.165) is 11.1 Å². The van der Waals surface area contributed by atoms with E-state index in [1.54, 1.807) is 24.3 Å². The van der Waals surface area contributed by atoms with E-state index < -0.39 is 10.0 Å². The third-order valence-corrected chi connectivity index (χ3v) is 5.73. The molecule has 2 aromatic rings. The minimum atomic E-state index is -3.28. The quantitative estimate of drug-likeness (QED) is 0.871. The number of rotatable bonds is 5. The molecule has 0 radical (unpaired) electrons. The van der Waals surface area contributed by atoms with E-state index in [1.807, 2.05) is 13.0 Å². The molecular formula is C19H21FN2O3S. The van der Waals surface area contributed by atoms with Gasteiger partial charge in [-0.15, -0.1) is 0 Å². The molecule has 0 spiro atoms. The van der Waals surface area contributed by atoms with Crippen molar-refractivity contribution in [2.75, 3.05) is 22.4 Å². The fourth-order valence-corrected chi connectivity index (χ4v) is 4.15. The van der Waals surface area contributed by atoms with Crippen molar-refractivity contribution < 1.29 is 17.6 Å². The molecule has 1 atom stereocenters. The second-order valence-corrected chi connectivity index (χ2v) is 8.54. The lowest BCUT2D eigenvalue weighted by molar-refractivity contribution is -0.116. The van der Waals surface area contributed by atoms with Crippen LogP contribution < -0.4 is 9.62 Å². The summed E-state index contributed by atoms with van der Waals surface area (Å²) in [7, 11) is -3.28. The third kappa shape index (κ3) is 4.04. The number of sulfonamides is 1. The van der Waals surface area contributed by atoms with Crippen molar-refractivity contribution in [2.45, 2.75) is 25.7 Å². The largest absolute Gasteiger partial charge is 0.326 e. The molecule has 0 aliphatic carbocycles. The van der Waals surface area contributed by atoms with Crippen LogP contribution in [0.25, 0.3) is 0 Å².